The summed E-state index contributed by atoms with van der Waals surface area (Å²) in [4.78, 5) is 14.1. The summed E-state index contributed by atoms with van der Waals surface area (Å²) >= 11 is 7.51. The number of hydrogen-bond acceptors (Lipinski definition) is 5. The lowest BCUT2D eigenvalue weighted by atomic mass is 10.3. The maximum absolute atomic E-state index is 12.7. The Hall–Kier alpha value is -1.48. The molecule has 1 aromatic heterocycles. The highest BCUT2D eigenvalue weighted by Crippen LogP contribution is 2.25. The highest BCUT2D eigenvalue weighted by atomic mass is 35.5. The van der Waals surface area contributed by atoms with Crippen LogP contribution in [0.1, 0.15) is 5.76 Å². The van der Waals surface area contributed by atoms with Gasteiger partial charge < -0.3 is 9.32 Å². The van der Waals surface area contributed by atoms with Gasteiger partial charge in [0.1, 0.15) is 10.7 Å². The van der Waals surface area contributed by atoms with Crippen LogP contribution in [0.3, 0.4) is 0 Å². The average molecular weight is 415 g/mol. The minimum Gasteiger partial charge on any atom is -0.468 e. The van der Waals surface area contributed by atoms with Gasteiger partial charge in [0.15, 0.2) is 0 Å². The van der Waals surface area contributed by atoms with Gasteiger partial charge in [-0.05, 0) is 24.3 Å². The van der Waals surface area contributed by atoms with Gasteiger partial charge in [0.25, 0.3) is 0 Å². The van der Waals surface area contributed by atoms with E-state index in [-0.39, 0.29) is 28.9 Å². The van der Waals surface area contributed by atoms with Gasteiger partial charge in [-0.15, -0.1) is 11.8 Å². The van der Waals surface area contributed by atoms with Gasteiger partial charge in [0.2, 0.25) is 15.9 Å². The molecule has 1 saturated heterocycles. The van der Waals surface area contributed by atoms with E-state index in [9.17, 15) is 13.2 Å². The number of hydrogen-bond donors (Lipinski definition) is 0. The molecule has 0 N–H and O–H groups in total. The molecule has 6 nitrogen and oxygen atoms in total. The molecule has 0 radical (unpaired) electrons. The van der Waals surface area contributed by atoms with Crippen molar-refractivity contribution in [2.45, 2.75) is 10.6 Å². The molecule has 2 aromatic rings. The van der Waals surface area contributed by atoms with E-state index in [1.54, 1.807) is 29.4 Å². The molecule has 9 heteroatoms. The molecule has 140 valence electrons. The molecule has 0 saturated carbocycles. The molecular formula is C17H19ClN2O4S2. The SMILES string of the molecule is O=C(CSCc1ccco1)N1CCN(S(=O)(=O)c2ccccc2Cl)CC1. The number of furan rings is 1. The van der Waals surface area contributed by atoms with E-state index < -0.39 is 10.0 Å². The number of carbonyl (C=O) groups is 1. The van der Waals surface area contributed by atoms with E-state index in [4.69, 9.17) is 16.0 Å². The number of rotatable bonds is 6. The van der Waals surface area contributed by atoms with Crippen molar-refractivity contribution in [2.24, 2.45) is 0 Å². The van der Waals surface area contributed by atoms with E-state index >= 15 is 0 Å². The second-order valence-corrected chi connectivity index (χ2v) is 9.09. The van der Waals surface area contributed by atoms with Crippen molar-refractivity contribution < 1.29 is 17.6 Å². The standard InChI is InChI=1S/C17H19ClN2O4S2/c18-15-5-1-2-6-16(15)26(22,23)20-9-7-19(8-10-20)17(21)13-25-12-14-4-3-11-24-14/h1-6,11H,7-10,12-13H2. The van der Waals surface area contributed by atoms with Crippen molar-refractivity contribution in [3.63, 3.8) is 0 Å². The fraction of sp³-hybridized carbons (Fsp3) is 0.353. The first kappa shape index (κ1) is 19.3. The van der Waals surface area contributed by atoms with Crippen molar-refractivity contribution >= 4 is 39.3 Å². The molecule has 0 unspecified atom stereocenters. The molecule has 0 spiro atoms. The summed E-state index contributed by atoms with van der Waals surface area (Å²) in [5, 5.41) is 0.209. The van der Waals surface area contributed by atoms with E-state index in [1.165, 1.54) is 22.1 Å². The van der Waals surface area contributed by atoms with Crippen molar-refractivity contribution in [1.82, 2.24) is 9.21 Å². The van der Waals surface area contributed by atoms with Crippen molar-refractivity contribution in [1.29, 1.82) is 0 Å². The number of nitrogens with zero attached hydrogens (tertiary/aromatic N) is 2. The van der Waals surface area contributed by atoms with E-state index in [0.29, 0.717) is 24.6 Å². The summed E-state index contributed by atoms with van der Waals surface area (Å²) in [7, 11) is -3.64. The topological polar surface area (TPSA) is 70.8 Å². The number of thioether (sulfide) groups is 1. The van der Waals surface area contributed by atoms with Gasteiger partial charge in [-0.3, -0.25) is 4.79 Å². The largest absolute Gasteiger partial charge is 0.468 e. The molecule has 1 amide bonds. The van der Waals surface area contributed by atoms with Crippen LogP contribution in [0.2, 0.25) is 5.02 Å². The number of benzene rings is 1. The van der Waals surface area contributed by atoms with Crippen LogP contribution < -0.4 is 0 Å². The Balaban J connectivity index is 1.52. The molecule has 1 aromatic carbocycles. The predicted molar refractivity (Wildman–Crippen MR) is 102 cm³/mol. The van der Waals surface area contributed by atoms with Gasteiger partial charge in [-0.2, -0.15) is 4.31 Å². The quantitative estimate of drug-likeness (QED) is 0.726. The van der Waals surface area contributed by atoms with E-state index in [2.05, 4.69) is 0 Å². The third-order valence-electron chi connectivity index (χ3n) is 4.10. The normalized spacial score (nSPS) is 16.0. The first-order chi connectivity index (χ1) is 12.5. The Morgan fingerprint density at radius 3 is 2.50 bits per heavy atom. The summed E-state index contributed by atoms with van der Waals surface area (Å²) in [6.07, 6.45) is 1.61. The second kappa shape index (κ2) is 8.47. The number of piperazine rings is 1. The summed E-state index contributed by atoms with van der Waals surface area (Å²) in [6, 6.07) is 10.1. The second-order valence-electron chi connectivity index (χ2n) is 5.79. The lowest BCUT2D eigenvalue weighted by molar-refractivity contribution is -0.129. The maximum Gasteiger partial charge on any atom is 0.244 e. The molecule has 0 atom stereocenters. The van der Waals surface area contributed by atoms with Crippen LogP contribution in [-0.4, -0.2) is 55.5 Å². The zero-order valence-electron chi connectivity index (χ0n) is 14.0. The van der Waals surface area contributed by atoms with Crippen molar-refractivity contribution in [2.75, 3.05) is 31.9 Å². The van der Waals surface area contributed by atoms with Crippen LogP contribution in [0.25, 0.3) is 0 Å². The molecule has 1 fully saturated rings. The number of carbonyl (C=O) groups excluding carboxylic acids is 1. The van der Waals surface area contributed by atoms with Gasteiger partial charge in [0, 0.05) is 26.2 Å². The summed E-state index contributed by atoms with van der Waals surface area (Å²) < 4.78 is 32.0. The fourth-order valence-electron chi connectivity index (χ4n) is 2.70. The first-order valence-electron chi connectivity index (χ1n) is 8.11. The molecule has 26 heavy (non-hydrogen) atoms. The molecule has 1 aliphatic rings. The zero-order valence-corrected chi connectivity index (χ0v) is 16.4. The van der Waals surface area contributed by atoms with Crippen molar-refractivity contribution in [3.8, 4) is 0 Å². The van der Waals surface area contributed by atoms with Crippen LogP contribution >= 0.6 is 23.4 Å². The minimum atomic E-state index is -3.64. The molecule has 0 aliphatic carbocycles. The van der Waals surface area contributed by atoms with Crippen LogP contribution in [0.15, 0.2) is 52.0 Å². The van der Waals surface area contributed by atoms with Gasteiger partial charge in [0.05, 0.1) is 22.8 Å². The highest BCUT2D eigenvalue weighted by Gasteiger charge is 2.31. The fourth-order valence-corrected chi connectivity index (χ4v) is 5.44. The van der Waals surface area contributed by atoms with Gasteiger partial charge in [-0.1, -0.05) is 23.7 Å². The lowest BCUT2D eigenvalue weighted by Crippen LogP contribution is -2.51. The zero-order chi connectivity index (χ0) is 18.6. The van der Waals surface area contributed by atoms with Gasteiger partial charge in [-0.25, -0.2) is 8.42 Å². The first-order valence-corrected chi connectivity index (χ1v) is 11.1. The molecular weight excluding hydrogens is 396 g/mol. The highest BCUT2D eigenvalue weighted by molar-refractivity contribution is 7.99. The lowest BCUT2D eigenvalue weighted by Gasteiger charge is -2.34. The van der Waals surface area contributed by atoms with E-state index in [0.717, 1.165) is 5.76 Å². The minimum absolute atomic E-state index is 0.0105. The third-order valence-corrected chi connectivity index (χ3v) is 7.43. The Kier molecular flexibility index (Phi) is 6.29. The van der Waals surface area contributed by atoms with Crippen molar-refractivity contribution in [3.05, 3.63) is 53.4 Å². The van der Waals surface area contributed by atoms with Crippen LogP contribution in [0, 0.1) is 0 Å². The average Bonchev–Trinajstić information content (AvgIpc) is 3.15. The predicted octanol–water partition coefficient (Wildman–Crippen LogP) is 2.70. The number of halogens is 1. The van der Waals surface area contributed by atoms with Crippen LogP contribution in [0.5, 0.6) is 0 Å². The Labute approximate surface area is 162 Å². The molecule has 1 aliphatic heterocycles. The van der Waals surface area contributed by atoms with Gasteiger partial charge >= 0.3 is 0 Å². The maximum atomic E-state index is 12.7. The Morgan fingerprint density at radius 1 is 1.12 bits per heavy atom. The molecule has 2 heterocycles. The van der Waals surface area contributed by atoms with Crippen LogP contribution in [-0.2, 0) is 20.6 Å². The number of amides is 1. The Morgan fingerprint density at radius 2 is 1.85 bits per heavy atom. The third kappa shape index (κ3) is 4.43. The summed E-state index contributed by atoms with van der Waals surface area (Å²) in [5.41, 5.74) is 0. The van der Waals surface area contributed by atoms with E-state index in [1.807, 2.05) is 12.1 Å². The molecule has 0 bridgehead atoms. The van der Waals surface area contributed by atoms with Crippen LogP contribution in [0.4, 0.5) is 0 Å². The number of sulfonamides is 1. The monoisotopic (exact) mass is 414 g/mol. The summed E-state index contributed by atoms with van der Waals surface area (Å²) in [5.74, 6) is 1.83. The Bertz CT molecular complexity index is 847. The smallest absolute Gasteiger partial charge is 0.244 e. The molecule has 3 rings (SSSR count). The summed E-state index contributed by atoms with van der Waals surface area (Å²) in [6.45, 7) is 1.29.